The van der Waals surface area contributed by atoms with Gasteiger partial charge in [0.05, 0.1) is 10.0 Å². The highest BCUT2D eigenvalue weighted by Gasteiger charge is 2.01. The molecule has 1 rings (SSSR count). The van der Waals surface area contributed by atoms with Crippen LogP contribution in [-0.2, 0) is 0 Å². The van der Waals surface area contributed by atoms with Crippen LogP contribution in [0.1, 0.15) is 13.3 Å². The summed E-state index contributed by atoms with van der Waals surface area (Å²) in [4.78, 5) is 1.12. The van der Waals surface area contributed by atoms with Gasteiger partial charge in [-0.05, 0) is 31.2 Å². The minimum atomic E-state index is 0.597. The lowest BCUT2D eigenvalue weighted by Crippen LogP contribution is -2.18. The molecule has 0 bridgehead atoms. The fraction of sp³-hybridized carbons (Fsp3) is 0.385. The fourth-order valence-electron chi connectivity index (χ4n) is 1.25. The van der Waals surface area contributed by atoms with E-state index in [0.29, 0.717) is 10.0 Å². The lowest BCUT2D eigenvalue weighted by molar-refractivity contribution is 0.716. The van der Waals surface area contributed by atoms with Gasteiger partial charge in [-0.3, -0.25) is 0 Å². The van der Waals surface area contributed by atoms with E-state index in [1.165, 1.54) is 5.57 Å². The van der Waals surface area contributed by atoms with Crippen LogP contribution in [0.5, 0.6) is 0 Å². The summed E-state index contributed by atoms with van der Waals surface area (Å²) in [5.74, 6) is 0.897. The zero-order valence-corrected chi connectivity index (χ0v) is 12.3. The van der Waals surface area contributed by atoms with Crippen molar-refractivity contribution in [2.45, 2.75) is 18.2 Å². The first-order valence-corrected chi connectivity index (χ1v) is 7.33. The number of nitrogens with one attached hydrogen (secondary N) is 1. The van der Waals surface area contributed by atoms with E-state index in [1.807, 2.05) is 18.2 Å². The number of halogens is 2. The molecule has 0 atom stereocenters. The Balaban J connectivity index is 2.34. The largest absolute Gasteiger partial charge is 0.313 e. The number of thioether (sulfide) groups is 1. The van der Waals surface area contributed by atoms with Crippen LogP contribution in [0.3, 0.4) is 0 Å². The Labute approximate surface area is 118 Å². The third-order valence-electron chi connectivity index (χ3n) is 2.14. The maximum absolute atomic E-state index is 5.95. The van der Waals surface area contributed by atoms with Crippen LogP contribution < -0.4 is 5.32 Å². The standard InChI is InChI=1S/C13H17Cl2NS/c1-3-6-16-8-10(2)9-17-11-4-5-12(14)13(15)7-11/h4-5,7,16H,2-3,6,8-9H2,1H3. The average molecular weight is 290 g/mol. The number of benzene rings is 1. The molecule has 1 aromatic carbocycles. The minimum absolute atomic E-state index is 0.597. The molecule has 0 fully saturated rings. The van der Waals surface area contributed by atoms with E-state index in [0.717, 1.165) is 30.2 Å². The predicted molar refractivity (Wildman–Crippen MR) is 79.5 cm³/mol. The van der Waals surface area contributed by atoms with Gasteiger partial charge in [0, 0.05) is 17.2 Å². The normalized spacial score (nSPS) is 10.5. The van der Waals surface area contributed by atoms with Crippen molar-refractivity contribution in [2.24, 2.45) is 0 Å². The van der Waals surface area contributed by atoms with Crippen molar-refractivity contribution in [3.05, 3.63) is 40.4 Å². The van der Waals surface area contributed by atoms with Crippen molar-refractivity contribution in [2.75, 3.05) is 18.8 Å². The van der Waals surface area contributed by atoms with E-state index >= 15 is 0 Å². The monoisotopic (exact) mass is 289 g/mol. The van der Waals surface area contributed by atoms with Gasteiger partial charge < -0.3 is 5.32 Å². The molecule has 0 aliphatic carbocycles. The molecule has 1 nitrogen and oxygen atoms in total. The highest BCUT2D eigenvalue weighted by Crippen LogP contribution is 2.28. The Bertz CT molecular complexity index is 380. The van der Waals surface area contributed by atoms with E-state index in [4.69, 9.17) is 23.2 Å². The molecular formula is C13H17Cl2NS. The highest BCUT2D eigenvalue weighted by molar-refractivity contribution is 7.99. The molecule has 0 aliphatic heterocycles. The van der Waals surface area contributed by atoms with Crippen molar-refractivity contribution in [3.8, 4) is 0 Å². The second-order valence-electron chi connectivity index (χ2n) is 3.79. The summed E-state index contributed by atoms with van der Waals surface area (Å²) in [5.41, 5.74) is 1.19. The van der Waals surface area contributed by atoms with Crippen LogP contribution in [0.15, 0.2) is 35.2 Å². The number of rotatable bonds is 7. The van der Waals surface area contributed by atoms with E-state index in [2.05, 4.69) is 18.8 Å². The van der Waals surface area contributed by atoms with Crippen molar-refractivity contribution in [1.29, 1.82) is 0 Å². The van der Waals surface area contributed by atoms with Gasteiger partial charge in [0.15, 0.2) is 0 Å². The maximum atomic E-state index is 5.95. The van der Waals surface area contributed by atoms with Gasteiger partial charge in [0.25, 0.3) is 0 Å². The van der Waals surface area contributed by atoms with Crippen molar-refractivity contribution in [3.63, 3.8) is 0 Å². The molecule has 0 amide bonds. The summed E-state index contributed by atoms with van der Waals surface area (Å²) < 4.78 is 0. The molecule has 0 radical (unpaired) electrons. The van der Waals surface area contributed by atoms with Crippen LogP contribution in [0.2, 0.25) is 10.0 Å². The highest BCUT2D eigenvalue weighted by atomic mass is 35.5. The predicted octanol–water partition coefficient (Wildman–Crippen LogP) is 4.64. The first-order chi connectivity index (χ1) is 8.13. The fourth-order valence-corrected chi connectivity index (χ4v) is 2.45. The second kappa shape index (κ2) is 8.04. The lowest BCUT2D eigenvalue weighted by Gasteiger charge is -2.07. The molecule has 17 heavy (non-hydrogen) atoms. The summed E-state index contributed by atoms with van der Waals surface area (Å²) in [5, 5.41) is 4.53. The molecular weight excluding hydrogens is 273 g/mol. The van der Waals surface area contributed by atoms with E-state index < -0.39 is 0 Å². The average Bonchev–Trinajstić information content (AvgIpc) is 2.31. The van der Waals surface area contributed by atoms with Crippen molar-refractivity contribution in [1.82, 2.24) is 5.32 Å². The summed E-state index contributed by atoms with van der Waals surface area (Å²) in [6.07, 6.45) is 1.15. The Kier molecular flexibility index (Phi) is 7.05. The van der Waals surface area contributed by atoms with Crippen LogP contribution >= 0.6 is 35.0 Å². The van der Waals surface area contributed by atoms with Crippen LogP contribution in [0.4, 0.5) is 0 Å². The van der Waals surface area contributed by atoms with Crippen LogP contribution in [0, 0.1) is 0 Å². The van der Waals surface area contributed by atoms with Gasteiger partial charge in [-0.15, -0.1) is 11.8 Å². The Hall–Kier alpha value is -0.150. The smallest absolute Gasteiger partial charge is 0.0603 e. The molecule has 0 spiro atoms. The molecule has 1 N–H and O–H groups in total. The van der Waals surface area contributed by atoms with Gasteiger partial charge in [-0.25, -0.2) is 0 Å². The summed E-state index contributed by atoms with van der Waals surface area (Å²) >= 11 is 13.5. The topological polar surface area (TPSA) is 12.0 Å². The van der Waals surface area contributed by atoms with Crippen LogP contribution in [0.25, 0.3) is 0 Å². The van der Waals surface area contributed by atoms with Gasteiger partial charge >= 0.3 is 0 Å². The number of hydrogen-bond acceptors (Lipinski definition) is 2. The Morgan fingerprint density at radius 3 is 2.76 bits per heavy atom. The Morgan fingerprint density at radius 1 is 1.35 bits per heavy atom. The summed E-state index contributed by atoms with van der Waals surface area (Å²) in [6, 6.07) is 5.69. The SMILES string of the molecule is C=C(CNCCC)CSc1ccc(Cl)c(Cl)c1. The third kappa shape index (κ3) is 5.82. The summed E-state index contributed by atoms with van der Waals surface area (Å²) in [6.45, 7) is 8.11. The van der Waals surface area contributed by atoms with Gasteiger partial charge in [-0.2, -0.15) is 0 Å². The van der Waals surface area contributed by atoms with Gasteiger partial charge in [0.1, 0.15) is 0 Å². The lowest BCUT2D eigenvalue weighted by atomic mass is 10.3. The number of hydrogen-bond donors (Lipinski definition) is 1. The van der Waals surface area contributed by atoms with Crippen molar-refractivity contribution >= 4 is 35.0 Å². The van der Waals surface area contributed by atoms with E-state index in [9.17, 15) is 0 Å². The third-order valence-corrected chi connectivity index (χ3v) is 4.01. The molecule has 0 saturated heterocycles. The molecule has 0 unspecified atom stereocenters. The zero-order chi connectivity index (χ0) is 12.7. The first kappa shape index (κ1) is 14.9. The van der Waals surface area contributed by atoms with E-state index in [-0.39, 0.29) is 0 Å². The minimum Gasteiger partial charge on any atom is -0.313 e. The molecule has 4 heteroatoms. The first-order valence-electron chi connectivity index (χ1n) is 5.58. The molecule has 0 heterocycles. The summed E-state index contributed by atoms with van der Waals surface area (Å²) in [7, 11) is 0. The molecule has 0 aliphatic rings. The van der Waals surface area contributed by atoms with Crippen LogP contribution in [-0.4, -0.2) is 18.8 Å². The zero-order valence-electron chi connectivity index (χ0n) is 9.93. The quantitative estimate of drug-likeness (QED) is 0.446. The molecule has 94 valence electrons. The second-order valence-corrected chi connectivity index (χ2v) is 5.65. The Morgan fingerprint density at radius 2 is 2.12 bits per heavy atom. The van der Waals surface area contributed by atoms with Gasteiger partial charge in [-0.1, -0.05) is 42.3 Å². The van der Waals surface area contributed by atoms with Gasteiger partial charge in [0.2, 0.25) is 0 Å². The maximum Gasteiger partial charge on any atom is 0.0603 e. The molecule has 0 aromatic heterocycles. The van der Waals surface area contributed by atoms with Crippen molar-refractivity contribution < 1.29 is 0 Å². The van der Waals surface area contributed by atoms with E-state index in [1.54, 1.807) is 11.8 Å². The molecule has 0 saturated carbocycles. The molecule has 1 aromatic rings.